The molecule has 3 N–H and O–H groups in total. The minimum Gasteiger partial charge on any atom is -0.390 e. The van der Waals surface area contributed by atoms with Crippen LogP contribution in [0.25, 0.3) is 0 Å². The fourth-order valence-electron chi connectivity index (χ4n) is 6.11. The lowest BCUT2D eigenvalue weighted by atomic mass is 9.99. The SMILES string of the molecule is CO[C@H]1C[C@H](O[C@@H]2[C@@H](C)OC(O)C[C@H]2OC)O[C@H](C)[C@H]1O[C@H]1C[C@@H](OC)[C@H](O[C@H]2C[C@H](O)[C@H](O)[C@@H](C)O2)[C@@H](C)O1. The summed E-state index contributed by atoms with van der Waals surface area (Å²) in [6.45, 7) is 7.31. The summed E-state index contributed by atoms with van der Waals surface area (Å²) in [6, 6.07) is 0. The van der Waals surface area contributed by atoms with Crippen LogP contribution in [0.4, 0.5) is 0 Å². The van der Waals surface area contributed by atoms with Gasteiger partial charge in [0, 0.05) is 47.0 Å². The van der Waals surface area contributed by atoms with Crippen LogP contribution in [-0.4, -0.2) is 135 Å². The van der Waals surface area contributed by atoms with Crippen LogP contribution in [0.5, 0.6) is 0 Å². The van der Waals surface area contributed by atoms with Gasteiger partial charge in [-0.3, -0.25) is 0 Å². The summed E-state index contributed by atoms with van der Waals surface area (Å²) >= 11 is 0. The molecule has 0 aromatic heterocycles. The van der Waals surface area contributed by atoms with Gasteiger partial charge in [0.05, 0.1) is 48.8 Å². The predicted molar refractivity (Wildman–Crippen MR) is 137 cm³/mol. The quantitative estimate of drug-likeness (QED) is 0.346. The number of aliphatic hydroxyl groups is 3. The molecule has 4 heterocycles. The third-order valence-electron chi connectivity index (χ3n) is 8.39. The molecule has 0 saturated carbocycles. The maximum atomic E-state index is 10.1. The van der Waals surface area contributed by atoms with Crippen molar-refractivity contribution in [3.8, 4) is 0 Å². The van der Waals surface area contributed by atoms with Gasteiger partial charge in [0.25, 0.3) is 0 Å². The Morgan fingerprint density at radius 2 is 0.875 bits per heavy atom. The Kier molecular flexibility index (Phi) is 11.6. The second-order valence-corrected chi connectivity index (χ2v) is 11.2. The molecular weight excluding hydrogens is 532 g/mol. The van der Waals surface area contributed by atoms with Gasteiger partial charge in [-0.05, 0) is 27.7 Å². The van der Waals surface area contributed by atoms with Crippen LogP contribution in [0.2, 0.25) is 0 Å². The average Bonchev–Trinajstić information content (AvgIpc) is 2.91. The van der Waals surface area contributed by atoms with Crippen molar-refractivity contribution in [1.29, 1.82) is 0 Å². The van der Waals surface area contributed by atoms with Gasteiger partial charge in [-0.25, -0.2) is 0 Å². The van der Waals surface area contributed by atoms with Crippen molar-refractivity contribution in [3.63, 3.8) is 0 Å². The van der Waals surface area contributed by atoms with Gasteiger partial charge in [0.1, 0.15) is 24.4 Å². The molecule has 0 radical (unpaired) electrons. The molecule has 4 fully saturated rings. The molecule has 13 nitrogen and oxygen atoms in total. The first-order chi connectivity index (χ1) is 19.0. The average molecular weight is 581 g/mol. The topological polar surface area (TPSA) is 153 Å². The first-order valence-electron chi connectivity index (χ1n) is 14.2. The van der Waals surface area contributed by atoms with E-state index >= 15 is 0 Å². The van der Waals surface area contributed by atoms with Crippen LogP contribution in [0.15, 0.2) is 0 Å². The zero-order chi connectivity index (χ0) is 29.1. The van der Waals surface area contributed by atoms with Gasteiger partial charge in [-0.2, -0.15) is 0 Å². The molecule has 4 rings (SSSR count). The third kappa shape index (κ3) is 7.51. The molecule has 4 aliphatic heterocycles. The smallest absolute Gasteiger partial charge is 0.161 e. The second kappa shape index (κ2) is 14.3. The van der Waals surface area contributed by atoms with Crippen LogP contribution in [0.1, 0.15) is 53.4 Å². The Hall–Kier alpha value is -0.520. The number of methoxy groups -OCH3 is 3. The summed E-state index contributed by atoms with van der Waals surface area (Å²) < 4.78 is 59.6. The van der Waals surface area contributed by atoms with Crippen molar-refractivity contribution in [2.24, 2.45) is 0 Å². The molecule has 1 unspecified atom stereocenters. The van der Waals surface area contributed by atoms with Crippen molar-refractivity contribution in [2.45, 2.75) is 152 Å². The number of rotatable bonds is 9. The minimum atomic E-state index is -0.956. The van der Waals surface area contributed by atoms with E-state index in [1.54, 1.807) is 28.3 Å². The van der Waals surface area contributed by atoms with E-state index in [1.165, 1.54) is 0 Å². The van der Waals surface area contributed by atoms with Gasteiger partial charge >= 0.3 is 0 Å². The number of aliphatic hydroxyl groups excluding tert-OH is 3. The molecule has 0 spiro atoms. The zero-order valence-corrected chi connectivity index (χ0v) is 24.5. The summed E-state index contributed by atoms with van der Waals surface area (Å²) in [4.78, 5) is 0. The van der Waals surface area contributed by atoms with Crippen LogP contribution in [0.3, 0.4) is 0 Å². The molecule has 0 aliphatic carbocycles. The highest BCUT2D eigenvalue weighted by molar-refractivity contribution is 4.90. The summed E-state index contributed by atoms with van der Waals surface area (Å²) in [6.07, 6.45) is -7.44. The molecule has 13 heteroatoms. The molecule has 4 aliphatic rings. The predicted octanol–water partition coefficient (Wildman–Crippen LogP) is 0.441. The van der Waals surface area contributed by atoms with Crippen molar-refractivity contribution >= 4 is 0 Å². The molecule has 4 saturated heterocycles. The van der Waals surface area contributed by atoms with Gasteiger partial charge < -0.3 is 62.7 Å². The van der Waals surface area contributed by atoms with E-state index in [0.717, 1.165) is 0 Å². The van der Waals surface area contributed by atoms with Crippen LogP contribution in [-0.2, 0) is 47.4 Å². The van der Waals surface area contributed by atoms with E-state index in [1.807, 2.05) is 20.8 Å². The molecular formula is C27H48O13. The van der Waals surface area contributed by atoms with Crippen LogP contribution >= 0.6 is 0 Å². The molecule has 234 valence electrons. The Morgan fingerprint density at radius 1 is 0.500 bits per heavy atom. The van der Waals surface area contributed by atoms with Crippen LogP contribution < -0.4 is 0 Å². The highest BCUT2D eigenvalue weighted by Gasteiger charge is 2.47. The summed E-state index contributed by atoms with van der Waals surface area (Å²) in [5.41, 5.74) is 0. The van der Waals surface area contributed by atoms with E-state index in [-0.39, 0.29) is 36.9 Å². The Morgan fingerprint density at radius 3 is 1.30 bits per heavy atom. The van der Waals surface area contributed by atoms with Gasteiger partial charge in [0.15, 0.2) is 25.2 Å². The molecule has 40 heavy (non-hydrogen) atoms. The highest BCUT2D eigenvalue weighted by Crippen LogP contribution is 2.34. The summed E-state index contributed by atoms with van der Waals surface area (Å²) in [7, 11) is 4.81. The molecule has 0 aromatic rings. The monoisotopic (exact) mass is 580 g/mol. The fourth-order valence-corrected chi connectivity index (χ4v) is 6.11. The van der Waals surface area contributed by atoms with Crippen molar-refractivity contribution < 1.29 is 62.7 Å². The standard InChI is InChI=1S/C27H48O13/c1-12-24(30)16(28)8-21(35-12)38-26-14(3)36-23(10-18(26)32-6)40-27-15(4)37-22(11-19(27)33-7)39-25-13(2)34-20(29)9-17(25)31-5/h12-30H,8-11H2,1-7H3/t12-,13-,14-,15-,16+,17-,18-,19+,20?,21+,22+,23+,24-,25-,26-,27-/m1/s1. The first kappa shape index (κ1) is 32.4. The van der Waals surface area contributed by atoms with E-state index in [0.29, 0.717) is 19.3 Å². The molecule has 16 atom stereocenters. The lowest BCUT2D eigenvalue weighted by Crippen LogP contribution is -2.57. The minimum absolute atomic E-state index is 0.151. The Bertz CT molecular complexity index is 763. The third-order valence-corrected chi connectivity index (χ3v) is 8.39. The lowest BCUT2D eigenvalue weighted by Gasteiger charge is -2.46. The van der Waals surface area contributed by atoms with Gasteiger partial charge in [0.2, 0.25) is 0 Å². The van der Waals surface area contributed by atoms with Crippen molar-refractivity contribution in [1.82, 2.24) is 0 Å². The molecule has 0 bridgehead atoms. The Labute approximate surface area is 236 Å². The summed E-state index contributed by atoms with van der Waals surface area (Å²) in [5.74, 6) is 0. The number of hydrogen-bond donors (Lipinski definition) is 3. The molecule has 0 amide bonds. The second-order valence-electron chi connectivity index (χ2n) is 11.2. The highest BCUT2D eigenvalue weighted by atomic mass is 16.8. The van der Waals surface area contributed by atoms with Gasteiger partial charge in [-0.15, -0.1) is 0 Å². The summed E-state index contributed by atoms with van der Waals surface area (Å²) in [5, 5.41) is 30.0. The zero-order valence-electron chi connectivity index (χ0n) is 24.5. The number of hydrogen-bond acceptors (Lipinski definition) is 13. The van der Waals surface area contributed by atoms with E-state index in [4.69, 9.17) is 47.4 Å². The maximum Gasteiger partial charge on any atom is 0.161 e. The van der Waals surface area contributed by atoms with E-state index < -0.39 is 67.9 Å². The fraction of sp³-hybridized carbons (Fsp3) is 1.00. The first-order valence-corrected chi connectivity index (χ1v) is 14.2. The number of ether oxygens (including phenoxy) is 10. The van der Waals surface area contributed by atoms with Crippen LogP contribution in [0, 0.1) is 0 Å². The van der Waals surface area contributed by atoms with E-state index in [2.05, 4.69) is 0 Å². The largest absolute Gasteiger partial charge is 0.390 e. The maximum absolute atomic E-state index is 10.1. The molecule has 0 aromatic carbocycles. The van der Waals surface area contributed by atoms with E-state index in [9.17, 15) is 15.3 Å². The van der Waals surface area contributed by atoms with Crippen molar-refractivity contribution in [2.75, 3.05) is 21.3 Å². The van der Waals surface area contributed by atoms with Gasteiger partial charge in [-0.1, -0.05) is 0 Å². The Balaban J connectivity index is 1.33. The normalized spacial score (nSPS) is 50.5. The lowest BCUT2D eigenvalue weighted by molar-refractivity contribution is -0.345. The van der Waals surface area contributed by atoms with Crippen molar-refractivity contribution in [3.05, 3.63) is 0 Å².